The molecule has 0 aliphatic rings. The maximum Gasteiger partial charge on any atom is 0.109 e. The molecule has 0 aliphatic heterocycles. The van der Waals surface area contributed by atoms with E-state index in [-0.39, 0.29) is 12.6 Å². The summed E-state index contributed by atoms with van der Waals surface area (Å²) in [6.45, 7) is 5.26. The van der Waals surface area contributed by atoms with Crippen molar-refractivity contribution in [2.75, 3.05) is 13.2 Å². The normalized spacial score (nSPS) is 13.4. The number of aliphatic hydroxyl groups excluding tert-OH is 1. The van der Waals surface area contributed by atoms with Crippen LogP contribution in [0.1, 0.15) is 19.7 Å². The molecule has 1 rings (SSSR count). The van der Waals surface area contributed by atoms with Gasteiger partial charge in [0.05, 0.1) is 6.61 Å². The lowest BCUT2D eigenvalue weighted by Crippen LogP contribution is -2.38. The second kappa shape index (κ2) is 5.88. The molecule has 0 saturated carbocycles. The Morgan fingerprint density at radius 2 is 2.27 bits per heavy atom. The smallest absolute Gasteiger partial charge is 0.109 e. The SMILES string of the molecule is CC(C)C(CO)NCCc1nccn1C. The number of aliphatic hydroxyl groups is 1. The molecule has 15 heavy (non-hydrogen) atoms. The molecule has 0 saturated heterocycles. The van der Waals surface area contributed by atoms with E-state index in [1.165, 1.54) is 0 Å². The molecule has 4 heteroatoms. The fraction of sp³-hybridized carbons (Fsp3) is 0.727. The molecule has 0 fully saturated rings. The minimum Gasteiger partial charge on any atom is -0.395 e. The molecule has 1 heterocycles. The van der Waals surface area contributed by atoms with Crippen LogP contribution in [0.4, 0.5) is 0 Å². The summed E-state index contributed by atoms with van der Waals surface area (Å²) in [6.07, 6.45) is 4.65. The standard InChI is InChI=1S/C11H21N3O/c1-9(2)10(8-15)12-5-4-11-13-6-7-14(11)3/h6-7,9-10,12,15H,4-5,8H2,1-3H3. The van der Waals surface area contributed by atoms with Crippen molar-refractivity contribution in [2.24, 2.45) is 13.0 Å². The van der Waals surface area contributed by atoms with Crippen molar-refractivity contribution in [3.8, 4) is 0 Å². The molecule has 4 nitrogen and oxygen atoms in total. The number of rotatable bonds is 6. The van der Waals surface area contributed by atoms with E-state index in [1.807, 2.05) is 17.8 Å². The maximum absolute atomic E-state index is 9.12. The Kier molecular flexibility index (Phi) is 4.78. The molecule has 0 radical (unpaired) electrons. The van der Waals surface area contributed by atoms with E-state index >= 15 is 0 Å². The van der Waals surface area contributed by atoms with Gasteiger partial charge in [-0.05, 0) is 5.92 Å². The van der Waals surface area contributed by atoms with Gasteiger partial charge in [-0.15, -0.1) is 0 Å². The van der Waals surface area contributed by atoms with Crippen molar-refractivity contribution in [3.63, 3.8) is 0 Å². The Morgan fingerprint density at radius 3 is 2.73 bits per heavy atom. The number of imidazole rings is 1. The van der Waals surface area contributed by atoms with Crippen LogP contribution in [-0.4, -0.2) is 33.9 Å². The van der Waals surface area contributed by atoms with Crippen LogP contribution in [0.5, 0.6) is 0 Å². The molecule has 86 valence electrons. The first-order valence-electron chi connectivity index (χ1n) is 5.45. The van der Waals surface area contributed by atoms with Gasteiger partial charge in [-0.3, -0.25) is 0 Å². The monoisotopic (exact) mass is 211 g/mol. The topological polar surface area (TPSA) is 50.1 Å². The Bertz CT molecular complexity index is 283. The summed E-state index contributed by atoms with van der Waals surface area (Å²) in [5.41, 5.74) is 0. The highest BCUT2D eigenvalue weighted by Crippen LogP contribution is 2.01. The second-order valence-corrected chi connectivity index (χ2v) is 4.19. The molecule has 0 aromatic carbocycles. The first-order chi connectivity index (χ1) is 7.15. The summed E-state index contributed by atoms with van der Waals surface area (Å²) in [5.74, 6) is 1.53. The Balaban J connectivity index is 2.29. The zero-order valence-electron chi connectivity index (χ0n) is 9.77. The molecule has 1 atom stereocenters. The molecule has 0 amide bonds. The van der Waals surface area contributed by atoms with Crippen LogP contribution in [-0.2, 0) is 13.5 Å². The number of hydrogen-bond donors (Lipinski definition) is 2. The Labute approximate surface area is 91.3 Å². The molecule has 1 aromatic heterocycles. The quantitative estimate of drug-likeness (QED) is 0.723. The molecule has 1 aromatic rings. The lowest BCUT2D eigenvalue weighted by Gasteiger charge is -2.19. The highest BCUT2D eigenvalue weighted by atomic mass is 16.3. The summed E-state index contributed by atoms with van der Waals surface area (Å²) >= 11 is 0. The zero-order valence-corrected chi connectivity index (χ0v) is 9.77. The van der Waals surface area contributed by atoms with Crippen LogP contribution in [0.15, 0.2) is 12.4 Å². The number of nitrogens with one attached hydrogen (secondary N) is 1. The van der Waals surface area contributed by atoms with Gasteiger partial charge in [0.25, 0.3) is 0 Å². The second-order valence-electron chi connectivity index (χ2n) is 4.19. The third-order valence-corrected chi connectivity index (χ3v) is 2.68. The average Bonchev–Trinajstić information content (AvgIpc) is 2.58. The zero-order chi connectivity index (χ0) is 11.3. The van der Waals surface area contributed by atoms with Gasteiger partial charge in [0.1, 0.15) is 5.82 Å². The van der Waals surface area contributed by atoms with Crippen LogP contribution in [0.25, 0.3) is 0 Å². The van der Waals surface area contributed by atoms with E-state index in [9.17, 15) is 0 Å². The van der Waals surface area contributed by atoms with Crippen LogP contribution in [0, 0.1) is 5.92 Å². The van der Waals surface area contributed by atoms with Gasteiger partial charge in [-0.25, -0.2) is 4.98 Å². The first-order valence-corrected chi connectivity index (χ1v) is 5.45. The Morgan fingerprint density at radius 1 is 1.53 bits per heavy atom. The predicted molar refractivity (Wildman–Crippen MR) is 60.6 cm³/mol. The molecular weight excluding hydrogens is 190 g/mol. The third-order valence-electron chi connectivity index (χ3n) is 2.68. The number of nitrogens with zero attached hydrogens (tertiary/aromatic N) is 2. The van der Waals surface area contributed by atoms with Crippen molar-refractivity contribution in [1.29, 1.82) is 0 Å². The molecule has 1 unspecified atom stereocenters. The van der Waals surface area contributed by atoms with E-state index in [4.69, 9.17) is 5.11 Å². The average molecular weight is 211 g/mol. The molecule has 0 aliphatic carbocycles. The Hall–Kier alpha value is -0.870. The lowest BCUT2D eigenvalue weighted by molar-refractivity contribution is 0.211. The number of aromatic nitrogens is 2. The highest BCUT2D eigenvalue weighted by Gasteiger charge is 2.10. The van der Waals surface area contributed by atoms with Crippen molar-refractivity contribution in [3.05, 3.63) is 18.2 Å². The van der Waals surface area contributed by atoms with Crippen LogP contribution < -0.4 is 5.32 Å². The molecule has 2 N–H and O–H groups in total. The van der Waals surface area contributed by atoms with Crippen LogP contribution in [0.2, 0.25) is 0 Å². The fourth-order valence-corrected chi connectivity index (χ4v) is 1.52. The predicted octanol–water partition coefficient (Wildman–Crippen LogP) is 0.569. The van der Waals surface area contributed by atoms with Crippen LogP contribution in [0.3, 0.4) is 0 Å². The van der Waals surface area contributed by atoms with Gasteiger partial charge in [0.15, 0.2) is 0 Å². The van der Waals surface area contributed by atoms with Gasteiger partial charge in [-0.1, -0.05) is 13.8 Å². The largest absolute Gasteiger partial charge is 0.395 e. The molecule has 0 bridgehead atoms. The fourth-order valence-electron chi connectivity index (χ4n) is 1.52. The number of aryl methyl sites for hydroxylation is 1. The van der Waals surface area contributed by atoms with E-state index < -0.39 is 0 Å². The third kappa shape index (κ3) is 3.64. The van der Waals surface area contributed by atoms with Crippen molar-refractivity contribution < 1.29 is 5.11 Å². The summed E-state index contributed by atoms with van der Waals surface area (Å²) in [5, 5.41) is 12.5. The summed E-state index contributed by atoms with van der Waals surface area (Å²) in [6, 6.07) is 0.185. The molecule has 0 spiro atoms. The minimum atomic E-state index is 0.185. The van der Waals surface area contributed by atoms with Gasteiger partial charge in [-0.2, -0.15) is 0 Å². The molecular formula is C11H21N3O. The van der Waals surface area contributed by atoms with Crippen LogP contribution >= 0.6 is 0 Å². The summed E-state index contributed by atoms with van der Waals surface area (Å²) in [4.78, 5) is 4.24. The van der Waals surface area contributed by atoms with E-state index in [2.05, 4.69) is 24.1 Å². The number of hydrogen-bond acceptors (Lipinski definition) is 3. The highest BCUT2D eigenvalue weighted by molar-refractivity contribution is 4.91. The van der Waals surface area contributed by atoms with E-state index in [1.54, 1.807) is 6.20 Å². The first kappa shape index (κ1) is 12.2. The summed E-state index contributed by atoms with van der Waals surface area (Å²) in [7, 11) is 1.99. The van der Waals surface area contributed by atoms with Crippen molar-refractivity contribution >= 4 is 0 Å². The van der Waals surface area contributed by atoms with Gasteiger partial charge < -0.3 is 15.0 Å². The minimum absolute atomic E-state index is 0.185. The maximum atomic E-state index is 9.12. The van der Waals surface area contributed by atoms with E-state index in [0.29, 0.717) is 5.92 Å². The van der Waals surface area contributed by atoms with Gasteiger partial charge >= 0.3 is 0 Å². The lowest BCUT2D eigenvalue weighted by atomic mass is 10.1. The van der Waals surface area contributed by atoms with Crippen molar-refractivity contribution in [2.45, 2.75) is 26.3 Å². The van der Waals surface area contributed by atoms with Crippen molar-refractivity contribution in [1.82, 2.24) is 14.9 Å². The van der Waals surface area contributed by atoms with E-state index in [0.717, 1.165) is 18.8 Å². The van der Waals surface area contributed by atoms with Gasteiger partial charge in [0, 0.05) is 38.4 Å². The van der Waals surface area contributed by atoms with Gasteiger partial charge in [0.2, 0.25) is 0 Å². The summed E-state index contributed by atoms with van der Waals surface area (Å²) < 4.78 is 2.02.